The van der Waals surface area contributed by atoms with Crippen LogP contribution in [-0.2, 0) is 38.1 Å². The van der Waals surface area contributed by atoms with Gasteiger partial charge in [0.15, 0.2) is 0 Å². The Hall–Kier alpha value is 0.800. The molecule has 1 unspecified atom stereocenters. The Labute approximate surface area is 113 Å². The van der Waals surface area contributed by atoms with E-state index in [1.165, 1.54) is 0 Å². The van der Waals surface area contributed by atoms with Crippen LogP contribution in [0.4, 0.5) is 0 Å². The number of quaternary nitrogens is 1. The first-order valence-corrected chi connectivity index (χ1v) is 9.45. The molecule has 2 heterocycles. The van der Waals surface area contributed by atoms with Gasteiger partial charge in [-0.2, -0.15) is 0 Å². The van der Waals surface area contributed by atoms with E-state index in [1.807, 2.05) is 4.67 Å². The molecule has 2 aliphatic rings. The Kier molecular flexibility index (Phi) is 8.23. The molecule has 1 atom stereocenters. The van der Waals surface area contributed by atoms with Gasteiger partial charge in [-0.05, 0) is 0 Å². The second-order valence-corrected chi connectivity index (χ2v) is 9.23. The second kappa shape index (κ2) is 8.82. The molecule has 5 nitrogen and oxygen atoms in total. The molecule has 0 aromatic rings. The highest BCUT2D eigenvalue weighted by Crippen LogP contribution is 2.47. The van der Waals surface area contributed by atoms with Crippen LogP contribution in [0.15, 0.2) is 0 Å². The summed E-state index contributed by atoms with van der Waals surface area (Å²) in [7, 11) is 1.59. The number of hydrogen-bond donors (Lipinski definition) is 1. The topological polar surface area (TPSA) is 47.5 Å². The molecule has 2 saturated heterocycles. The Morgan fingerprint density at radius 1 is 1.18 bits per heavy atom. The molecule has 17 heavy (non-hydrogen) atoms. The second-order valence-electron chi connectivity index (χ2n) is 3.70. The molecular weight excluding hydrogens is 279 g/mol. The molecule has 0 aromatic heterocycles. The minimum atomic E-state index is -2.08. The minimum Gasteiger partial charge on any atom is -0.704 e. The molecule has 0 spiro atoms. The van der Waals surface area contributed by atoms with Crippen LogP contribution in [0.3, 0.4) is 0 Å². The zero-order valence-corrected chi connectivity index (χ0v) is 12.7. The maximum atomic E-state index is 5.17. The number of morpholine rings is 2. The number of nitrogens with two attached hydrogens (primary N) is 1. The summed E-state index contributed by atoms with van der Waals surface area (Å²) in [6.45, 7) is 7.26. The van der Waals surface area contributed by atoms with E-state index in [9.17, 15) is 0 Å². The van der Waals surface area contributed by atoms with Crippen LogP contribution in [0.1, 0.15) is 0 Å². The Bertz CT molecular complexity index is 237. The van der Waals surface area contributed by atoms with Crippen LogP contribution >= 0.6 is 5.62 Å². The molecule has 0 aliphatic carbocycles. The van der Waals surface area contributed by atoms with Gasteiger partial charge in [-0.3, -0.25) is 4.67 Å². The molecule has 8 heteroatoms. The van der Waals surface area contributed by atoms with Crippen LogP contribution in [-0.4, -0.2) is 64.4 Å². The summed E-state index contributed by atoms with van der Waals surface area (Å²) < 4.78 is 17.3. The highest BCUT2D eigenvalue weighted by molar-refractivity contribution is 8.52. The van der Waals surface area contributed by atoms with Crippen molar-refractivity contribution in [2.24, 2.45) is 0 Å². The predicted molar refractivity (Wildman–Crippen MR) is 73.5 cm³/mol. The smallest absolute Gasteiger partial charge is 0.0993 e. The quantitative estimate of drug-likeness (QED) is 0.538. The molecule has 2 rings (SSSR count). The molecule has 2 N–H and O–H groups in total. The fraction of sp³-hybridized carbons (Fsp3) is 1.00. The van der Waals surface area contributed by atoms with E-state index in [4.69, 9.17) is 38.1 Å². The van der Waals surface area contributed by atoms with Crippen molar-refractivity contribution >= 4 is 29.7 Å². The third kappa shape index (κ3) is 6.50. The summed E-state index contributed by atoms with van der Waals surface area (Å²) in [5.74, 6) is 0. The fourth-order valence-corrected chi connectivity index (χ4v) is 3.36. The van der Waals surface area contributed by atoms with E-state index >= 15 is 0 Å². The first-order chi connectivity index (χ1) is 8.17. The van der Waals surface area contributed by atoms with Gasteiger partial charge < -0.3 is 31.6 Å². The van der Waals surface area contributed by atoms with Gasteiger partial charge in [0.05, 0.1) is 39.5 Å². The van der Waals surface area contributed by atoms with Gasteiger partial charge in [0, 0.05) is 25.8 Å². The van der Waals surface area contributed by atoms with Crippen molar-refractivity contribution in [1.29, 1.82) is 0 Å². The molecule has 0 radical (unpaired) electrons. The zero-order valence-electron chi connectivity index (χ0n) is 10.2. The maximum Gasteiger partial charge on any atom is 0.0993 e. The van der Waals surface area contributed by atoms with Crippen molar-refractivity contribution in [3.05, 3.63) is 0 Å². The normalized spacial score (nSPS) is 25.5. The average molecular weight is 300 g/mol. The van der Waals surface area contributed by atoms with Gasteiger partial charge in [0.25, 0.3) is 0 Å². The molecular formula is C9H21N2O3PS2. The largest absolute Gasteiger partial charge is 0.704 e. The standard InChI is InChI=1S/C5H12NO2PS2.C4H9NO/c1-7-9(10,11)6-2-4-8-5-3-6;1-3-6-4-2-5-1/h2-5H2,1H3,(H,10,11);5H,1-4H2. The van der Waals surface area contributed by atoms with Gasteiger partial charge in [-0.15, -0.1) is 0 Å². The summed E-state index contributed by atoms with van der Waals surface area (Å²) in [6, 6.07) is 0. The van der Waals surface area contributed by atoms with Crippen LogP contribution < -0.4 is 5.32 Å². The Balaban J connectivity index is 0.000000202. The Morgan fingerprint density at radius 2 is 1.71 bits per heavy atom. The highest BCUT2D eigenvalue weighted by atomic mass is 32.9. The van der Waals surface area contributed by atoms with Crippen LogP contribution in [0, 0.1) is 0 Å². The maximum absolute atomic E-state index is 5.17. The molecule has 2 fully saturated rings. The van der Waals surface area contributed by atoms with Gasteiger partial charge in [0.1, 0.15) is 0 Å². The summed E-state index contributed by atoms with van der Waals surface area (Å²) in [5.41, 5.74) is -2.08. The van der Waals surface area contributed by atoms with Crippen molar-refractivity contribution in [2.75, 3.05) is 59.7 Å². The highest BCUT2D eigenvalue weighted by Gasteiger charge is 2.15. The lowest BCUT2D eigenvalue weighted by molar-refractivity contribution is -0.670. The third-order valence-electron chi connectivity index (χ3n) is 2.50. The van der Waals surface area contributed by atoms with Crippen molar-refractivity contribution < 1.29 is 19.3 Å². The fourth-order valence-electron chi connectivity index (χ4n) is 1.49. The lowest BCUT2D eigenvalue weighted by Crippen LogP contribution is -2.87. The van der Waals surface area contributed by atoms with E-state index in [1.54, 1.807) is 7.11 Å². The molecule has 2 aliphatic heterocycles. The molecule has 0 saturated carbocycles. The van der Waals surface area contributed by atoms with Crippen LogP contribution in [0.5, 0.6) is 0 Å². The average Bonchev–Trinajstić information content (AvgIpc) is 2.42. The van der Waals surface area contributed by atoms with Crippen molar-refractivity contribution in [1.82, 2.24) is 4.67 Å². The van der Waals surface area contributed by atoms with Crippen LogP contribution in [0.2, 0.25) is 0 Å². The molecule has 0 bridgehead atoms. The first kappa shape index (κ1) is 15.9. The number of rotatable bonds is 2. The summed E-state index contributed by atoms with van der Waals surface area (Å²) in [6.07, 6.45) is 0. The van der Waals surface area contributed by atoms with Crippen molar-refractivity contribution in [3.63, 3.8) is 0 Å². The van der Waals surface area contributed by atoms with E-state index in [0.29, 0.717) is 0 Å². The lowest BCUT2D eigenvalue weighted by Gasteiger charge is -2.41. The van der Waals surface area contributed by atoms with E-state index in [2.05, 4.69) is 5.32 Å². The van der Waals surface area contributed by atoms with Gasteiger partial charge in [0.2, 0.25) is 0 Å². The Morgan fingerprint density at radius 3 is 2.06 bits per heavy atom. The lowest BCUT2D eigenvalue weighted by atomic mass is 10.5. The first-order valence-electron chi connectivity index (χ1n) is 5.76. The zero-order chi connectivity index (χ0) is 12.6. The van der Waals surface area contributed by atoms with E-state index in [-0.39, 0.29) is 0 Å². The predicted octanol–water partition coefficient (Wildman–Crippen LogP) is -0.684. The molecule has 0 amide bonds. The van der Waals surface area contributed by atoms with Crippen molar-refractivity contribution in [3.8, 4) is 0 Å². The summed E-state index contributed by atoms with van der Waals surface area (Å²) >= 11 is 10.3. The summed E-state index contributed by atoms with van der Waals surface area (Å²) in [5, 5.41) is 2.27. The minimum absolute atomic E-state index is 0.721. The van der Waals surface area contributed by atoms with Gasteiger partial charge in [-0.1, -0.05) is 11.8 Å². The van der Waals surface area contributed by atoms with Gasteiger partial charge in [-0.25, -0.2) is 0 Å². The monoisotopic (exact) mass is 300 g/mol. The number of ether oxygens (including phenoxy) is 2. The van der Waals surface area contributed by atoms with Crippen LogP contribution in [0.25, 0.3) is 0 Å². The third-order valence-corrected chi connectivity index (χ3v) is 6.33. The molecule has 102 valence electrons. The van der Waals surface area contributed by atoms with E-state index < -0.39 is 5.62 Å². The SMILES string of the molecule is C1COCC[NH2+]1.COP(=S)([S-])N1CCOCC1. The van der Waals surface area contributed by atoms with E-state index in [0.717, 1.165) is 52.6 Å². The van der Waals surface area contributed by atoms with Gasteiger partial charge >= 0.3 is 0 Å². The number of nitrogens with zero attached hydrogens (tertiary/aromatic N) is 1. The van der Waals surface area contributed by atoms with Crippen molar-refractivity contribution in [2.45, 2.75) is 0 Å². The molecule has 0 aromatic carbocycles. The summed E-state index contributed by atoms with van der Waals surface area (Å²) in [4.78, 5) is 0. The number of hydrogen-bond acceptors (Lipinski definition) is 5.